The first-order valence-electron chi connectivity index (χ1n) is 11.8. The lowest BCUT2D eigenvalue weighted by atomic mass is 10.0. The number of hydrogen-bond donors (Lipinski definition) is 2. The molecule has 0 radical (unpaired) electrons. The van der Waals surface area contributed by atoms with Crippen LogP contribution in [0.4, 0.5) is 0 Å². The zero-order valence-electron chi connectivity index (χ0n) is 18.5. The van der Waals surface area contributed by atoms with Gasteiger partial charge in [0.1, 0.15) is 11.8 Å². The van der Waals surface area contributed by atoms with Crippen molar-refractivity contribution < 1.29 is 14.6 Å². The van der Waals surface area contributed by atoms with Gasteiger partial charge in [-0.3, -0.25) is 4.79 Å². The third-order valence-electron chi connectivity index (χ3n) is 5.44. The molecule has 0 saturated heterocycles. The summed E-state index contributed by atoms with van der Waals surface area (Å²) in [5.41, 5.74) is 6.83. The molecular weight excluding hydrogens is 362 g/mol. The molecule has 0 amide bonds. The normalized spacial score (nSPS) is 12.1. The van der Waals surface area contributed by atoms with Crippen LogP contribution >= 0.6 is 0 Å². The standard InChI is InChI=1S/C25H43NO3/c1-2-3-4-5-6-7-8-9-10-11-12-13-14-15-20-29-25(28)24(26)21-22-16-18-23(27)19-17-22/h16-19,24,27H,2-15,20-21,26H2,1H3. The van der Waals surface area contributed by atoms with Crippen LogP contribution in [0, 0.1) is 0 Å². The second kappa shape index (κ2) is 17.3. The van der Waals surface area contributed by atoms with Crippen LogP contribution in [-0.4, -0.2) is 23.7 Å². The number of carbonyl (C=O) groups excluding carboxylic acids is 1. The molecule has 1 aromatic rings. The van der Waals surface area contributed by atoms with Gasteiger partial charge in [0.05, 0.1) is 6.61 Å². The number of esters is 1. The number of phenolic OH excluding ortho intramolecular Hbond substituents is 1. The van der Waals surface area contributed by atoms with Crippen molar-refractivity contribution in [2.24, 2.45) is 5.73 Å². The summed E-state index contributed by atoms with van der Waals surface area (Å²) in [4.78, 5) is 12.0. The average Bonchev–Trinajstić information content (AvgIpc) is 2.72. The van der Waals surface area contributed by atoms with E-state index in [1.807, 2.05) is 0 Å². The largest absolute Gasteiger partial charge is 0.508 e. The average molecular weight is 406 g/mol. The molecule has 0 aromatic heterocycles. The number of benzene rings is 1. The maximum Gasteiger partial charge on any atom is 0.323 e. The van der Waals surface area contributed by atoms with E-state index in [0.29, 0.717) is 13.0 Å². The topological polar surface area (TPSA) is 72.5 Å². The maximum atomic E-state index is 12.0. The molecule has 0 saturated carbocycles. The van der Waals surface area contributed by atoms with E-state index in [9.17, 15) is 9.90 Å². The van der Waals surface area contributed by atoms with Crippen LogP contribution in [0.3, 0.4) is 0 Å². The van der Waals surface area contributed by atoms with Gasteiger partial charge >= 0.3 is 5.97 Å². The summed E-state index contributed by atoms with van der Waals surface area (Å²) >= 11 is 0. The Morgan fingerprint density at radius 3 is 1.76 bits per heavy atom. The molecule has 1 rings (SSSR count). The first-order chi connectivity index (χ1) is 14.1. The Kier molecular flexibility index (Phi) is 15.2. The summed E-state index contributed by atoms with van der Waals surface area (Å²) in [6, 6.07) is 6.10. The van der Waals surface area contributed by atoms with Crippen molar-refractivity contribution in [3.05, 3.63) is 29.8 Å². The third-order valence-corrected chi connectivity index (χ3v) is 5.44. The lowest BCUT2D eigenvalue weighted by molar-refractivity contribution is -0.145. The molecular formula is C25H43NO3. The van der Waals surface area contributed by atoms with Crippen molar-refractivity contribution in [1.29, 1.82) is 0 Å². The molecule has 3 N–H and O–H groups in total. The predicted molar refractivity (Wildman–Crippen MR) is 121 cm³/mol. The number of hydrogen-bond acceptors (Lipinski definition) is 4. The van der Waals surface area contributed by atoms with Gasteiger partial charge in [0.25, 0.3) is 0 Å². The van der Waals surface area contributed by atoms with Crippen LogP contribution in [0.1, 0.15) is 102 Å². The first-order valence-corrected chi connectivity index (χ1v) is 11.8. The molecule has 0 spiro atoms. The smallest absolute Gasteiger partial charge is 0.323 e. The second-order valence-corrected chi connectivity index (χ2v) is 8.24. The van der Waals surface area contributed by atoms with Gasteiger partial charge in [0.15, 0.2) is 0 Å². The number of carbonyl (C=O) groups is 1. The number of aromatic hydroxyl groups is 1. The fourth-order valence-corrected chi connectivity index (χ4v) is 3.55. The van der Waals surface area contributed by atoms with Crippen LogP contribution in [-0.2, 0) is 16.0 Å². The van der Waals surface area contributed by atoms with E-state index in [2.05, 4.69) is 6.92 Å². The fourth-order valence-electron chi connectivity index (χ4n) is 3.55. The Morgan fingerprint density at radius 1 is 0.828 bits per heavy atom. The molecule has 0 bridgehead atoms. The molecule has 4 heteroatoms. The van der Waals surface area contributed by atoms with Crippen LogP contribution in [0.25, 0.3) is 0 Å². The lowest BCUT2D eigenvalue weighted by Crippen LogP contribution is -2.34. The third kappa shape index (κ3) is 14.1. The highest BCUT2D eigenvalue weighted by Crippen LogP contribution is 2.13. The molecule has 1 aromatic carbocycles. The molecule has 0 aliphatic carbocycles. The lowest BCUT2D eigenvalue weighted by Gasteiger charge is -2.11. The van der Waals surface area contributed by atoms with Gasteiger partial charge in [0, 0.05) is 0 Å². The van der Waals surface area contributed by atoms with Crippen LogP contribution < -0.4 is 5.73 Å². The molecule has 0 heterocycles. The van der Waals surface area contributed by atoms with Gasteiger partial charge < -0.3 is 15.6 Å². The predicted octanol–water partition coefficient (Wildman–Crippen LogP) is 6.29. The molecule has 4 nitrogen and oxygen atoms in total. The number of ether oxygens (including phenoxy) is 1. The van der Waals surface area contributed by atoms with Crippen molar-refractivity contribution >= 4 is 5.97 Å². The summed E-state index contributed by atoms with van der Waals surface area (Å²) in [5.74, 6) is -0.129. The van der Waals surface area contributed by atoms with E-state index in [-0.39, 0.29) is 11.7 Å². The van der Waals surface area contributed by atoms with Crippen molar-refractivity contribution in [1.82, 2.24) is 0 Å². The summed E-state index contributed by atoms with van der Waals surface area (Å²) in [7, 11) is 0. The van der Waals surface area contributed by atoms with Gasteiger partial charge in [-0.2, -0.15) is 0 Å². The number of phenols is 1. The van der Waals surface area contributed by atoms with Gasteiger partial charge in [0.2, 0.25) is 0 Å². The van der Waals surface area contributed by atoms with E-state index >= 15 is 0 Å². The molecule has 29 heavy (non-hydrogen) atoms. The number of nitrogens with two attached hydrogens (primary N) is 1. The van der Waals surface area contributed by atoms with Crippen molar-refractivity contribution in [3.63, 3.8) is 0 Å². The fraction of sp³-hybridized carbons (Fsp3) is 0.720. The monoisotopic (exact) mass is 405 g/mol. The second-order valence-electron chi connectivity index (χ2n) is 8.24. The highest BCUT2D eigenvalue weighted by molar-refractivity contribution is 5.75. The molecule has 1 unspecified atom stereocenters. The summed E-state index contributed by atoms with van der Waals surface area (Å²) in [6.07, 6.45) is 18.8. The van der Waals surface area contributed by atoms with Gasteiger partial charge in [-0.15, -0.1) is 0 Å². The zero-order chi connectivity index (χ0) is 21.2. The van der Waals surface area contributed by atoms with Crippen LogP contribution in [0.2, 0.25) is 0 Å². The highest BCUT2D eigenvalue weighted by Gasteiger charge is 2.15. The van der Waals surface area contributed by atoms with Crippen LogP contribution in [0.5, 0.6) is 5.75 Å². The summed E-state index contributed by atoms with van der Waals surface area (Å²) in [6.45, 7) is 2.73. The quantitative estimate of drug-likeness (QED) is 0.222. The Hall–Kier alpha value is -1.55. The molecule has 1 atom stereocenters. The highest BCUT2D eigenvalue weighted by atomic mass is 16.5. The minimum Gasteiger partial charge on any atom is -0.508 e. The van der Waals surface area contributed by atoms with E-state index in [4.69, 9.17) is 10.5 Å². The van der Waals surface area contributed by atoms with Crippen molar-refractivity contribution in [3.8, 4) is 5.75 Å². The minimum absolute atomic E-state index is 0.211. The number of rotatable bonds is 18. The van der Waals surface area contributed by atoms with E-state index in [1.165, 1.54) is 77.0 Å². The maximum absolute atomic E-state index is 12.0. The SMILES string of the molecule is CCCCCCCCCCCCCCCCOC(=O)C(N)Cc1ccc(O)cc1. The van der Waals surface area contributed by atoms with Gasteiger partial charge in [-0.1, -0.05) is 103 Å². The van der Waals surface area contributed by atoms with Crippen LogP contribution in [0.15, 0.2) is 24.3 Å². The summed E-state index contributed by atoms with van der Waals surface area (Å²) < 4.78 is 5.29. The number of unbranched alkanes of at least 4 members (excludes halogenated alkanes) is 13. The molecule has 0 aliphatic heterocycles. The first kappa shape index (κ1) is 25.5. The van der Waals surface area contributed by atoms with E-state index in [0.717, 1.165) is 18.4 Å². The van der Waals surface area contributed by atoms with Gasteiger partial charge in [-0.05, 0) is 30.5 Å². The van der Waals surface area contributed by atoms with E-state index in [1.54, 1.807) is 24.3 Å². The van der Waals surface area contributed by atoms with Crippen molar-refractivity contribution in [2.75, 3.05) is 6.61 Å². The molecule has 166 valence electrons. The Balaban J connectivity index is 1.87. The minimum atomic E-state index is -0.647. The Bertz CT molecular complexity index is 515. The van der Waals surface area contributed by atoms with Crippen molar-refractivity contribution in [2.45, 2.75) is 109 Å². The Labute approximate surface area is 178 Å². The molecule has 0 aliphatic rings. The Morgan fingerprint density at radius 2 is 1.28 bits per heavy atom. The van der Waals surface area contributed by atoms with E-state index < -0.39 is 6.04 Å². The summed E-state index contributed by atoms with van der Waals surface area (Å²) in [5, 5.41) is 9.28. The van der Waals surface area contributed by atoms with Gasteiger partial charge in [-0.25, -0.2) is 0 Å². The molecule has 0 fully saturated rings. The zero-order valence-corrected chi connectivity index (χ0v) is 18.5.